The number of carbonyl (C=O) groups excluding carboxylic acids is 26. The van der Waals surface area contributed by atoms with E-state index in [0.29, 0.717) is 19.6 Å². The molecule has 0 spiro atoms. The van der Waals surface area contributed by atoms with Crippen LogP contribution in [0.3, 0.4) is 0 Å². The van der Waals surface area contributed by atoms with Gasteiger partial charge in [-0.15, -0.1) is 0 Å². The Labute approximate surface area is 669 Å². The molecule has 0 heterocycles. The maximum Gasteiger partial charge on any atom is 0.313 e. The first-order valence-electron chi connectivity index (χ1n) is 35.5. The van der Waals surface area contributed by atoms with Crippen LogP contribution in [0.5, 0.6) is 0 Å². The molecule has 41 nitrogen and oxygen atoms in total. The van der Waals surface area contributed by atoms with Crippen LogP contribution in [0, 0.1) is 16.7 Å². The Bertz CT molecular complexity index is 3070. The SMILES string of the molecule is CC(=O)CC(=O)OCC(C)(COC(=O)CC(C)=O)COC(=O)CC(C)=O.CC(=O)CC(=O)OCC(COC(=O)CC(C)=O)COC(=O)CC(C)=O.CC(=O)CC(=O)OCCOC(=O)CC(C)=O.CC(=O)CC(=O)OCCOCCOCCOC(=O)CC(C)=O.CCC(COC(=O)CC(C)=O)(COC(=O)CC(C)=O)COC(=O)CC(C)=O. The van der Waals surface area contributed by atoms with E-state index in [1.165, 1.54) is 96.9 Å². The van der Waals surface area contributed by atoms with Crippen LogP contribution < -0.4 is 0 Å². The molecule has 0 radical (unpaired) electrons. The second kappa shape index (κ2) is 67.1. The first-order chi connectivity index (χ1) is 53.8. The van der Waals surface area contributed by atoms with Crippen LogP contribution in [0.15, 0.2) is 0 Å². The van der Waals surface area contributed by atoms with E-state index in [0.717, 1.165) is 0 Å². The van der Waals surface area contributed by atoms with Crippen LogP contribution in [0.4, 0.5) is 0 Å². The topological polar surface area (TPSA) is 582 Å². The zero-order chi connectivity index (χ0) is 90.1. The van der Waals surface area contributed by atoms with Crippen LogP contribution in [0.1, 0.15) is 194 Å². The molecule has 0 bridgehead atoms. The highest BCUT2D eigenvalue weighted by Gasteiger charge is 2.35. The lowest BCUT2D eigenvalue weighted by atomic mass is 9.88. The fourth-order valence-electron chi connectivity index (χ4n) is 7.17. The maximum absolute atomic E-state index is 11.6. The van der Waals surface area contributed by atoms with Crippen molar-refractivity contribution in [1.82, 2.24) is 0 Å². The normalized spacial score (nSPS) is 10.2. The van der Waals surface area contributed by atoms with Crippen molar-refractivity contribution in [3.8, 4) is 0 Å². The molecule has 0 aromatic carbocycles. The summed E-state index contributed by atoms with van der Waals surface area (Å²) in [4.78, 5) is 288. The summed E-state index contributed by atoms with van der Waals surface area (Å²) in [5.41, 5.74) is -2.17. The molecule has 0 amide bonds. The first-order valence-corrected chi connectivity index (χ1v) is 35.5. The maximum atomic E-state index is 11.6. The zero-order valence-electron chi connectivity index (χ0n) is 68.2. The van der Waals surface area contributed by atoms with E-state index in [1.54, 1.807) is 6.92 Å². The lowest BCUT2D eigenvalue weighted by molar-refractivity contribution is -0.165. The quantitative estimate of drug-likeness (QED) is 0.0362. The summed E-state index contributed by atoms with van der Waals surface area (Å²) in [5, 5.41) is 0. The van der Waals surface area contributed by atoms with Crippen LogP contribution in [-0.4, -0.2) is 265 Å². The summed E-state index contributed by atoms with van der Waals surface area (Å²) in [6.07, 6.45) is -4.42. The highest BCUT2D eigenvalue weighted by atomic mass is 16.6. The number of hydrogen-bond donors (Lipinski definition) is 0. The van der Waals surface area contributed by atoms with Gasteiger partial charge in [0.05, 0.1) is 43.2 Å². The Morgan fingerprint density at radius 1 is 0.198 bits per heavy atom. The van der Waals surface area contributed by atoms with Gasteiger partial charge in [-0.05, 0) is 103 Å². The minimum atomic E-state index is -1.11. The van der Waals surface area contributed by atoms with Crippen LogP contribution in [0.25, 0.3) is 0 Å². The molecule has 0 aliphatic rings. The average molecular weight is 1670 g/mol. The van der Waals surface area contributed by atoms with Crippen molar-refractivity contribution in [3.05, 3.63) is 0 Å². The number of esters is 13. The molecule has 41 heteroatoms. The summed E-state index contributed by atoms with van der Waals surface area (Å²) in [6.45, 7) is 18.0. The summed E-state index contributed by atoms with van der Waals surface area (Å²) in [7, 11) is 0. The Balaban J connectivity index is -0.000000447. The Morgan fingerprint density at radius 3 is 0.500 bits per heavy atom. The van der Waals surface area contributed by atoms with E-state index >= 15 is 0 Å². The van der Waals surface area contributed by atoms with Crippen molar-refractivity contribution in [2.45, 2.75) is 194 Å². The van der Waals surface area contributed by atoms with Gasteiger partial charge in [-0.3, -0.25) is 125 Å². The molecule has 0 saturated heterocycles. The Morgan fingerprint density at radius 2 is 0.336 bits per heavy atom. The van der Waals surface area contributed by atoms with E-state index < -0.39 is 152 Å². The summed E-state index contributed by atoms with van der Waals surface area (Å²) in [6, 6.07) is 0. The molecule has 0 aromatic rings. The molecule has 116 heavy (non-hydrogen) atoms. The van der Waals surface area contributed by atoms with Crippen LogP contribution in [-0.2, 0) is 196 Å². The lowest BCUT2D eigenvalue weighted by Gasteiger charge is -2.31. The third-order valence-corrected chi connectivity index (χ3v) is 12.6. The van der Waals surface area contributed by atoms with Crippen molar-refractivity contribution in [2.75, 3.05) is 112 Å². The van der Waals surface area contributed by atoms with Gasteiger partial charge in [0, 0.05) is 0 Å². The van der Waals surface area contributed by atoms with Gasteiger partial charge in [-0.2, -0.15) is 0 Å². The molecule has 654 valence electrons. The second-order valence-electron chi connectivity index (χ2n) is 26.1. The summed E-state index contributed by atoms with van der Waals surface area (Å²) < 4.78 is 73.6. The van der Waals surface area contributed by atoms with Gasteiger partial charge in [0.1, 0.15) is 245 Å². The standard InChI is InChI=1S/C18H26O9.C17H24O9.C16H22O9.C14H22O8.C10H14O6/c1-5-18(9-25-15(22)6-12(2)19,10-26-16(23)7-13(3)20)11-27-17(24)8-14(4)21;1-11(18)5-14(21)24-8-17(4,9-25-15(22)6-12(2)19)10-26-16(23)7-13(3)20;1-10(17)4-14(20)23-7-13(8-24-15(21)5-11(2)18)9-25-16(22)6-12(3)19;1-11(15)9-13(17)21-7-5-19-3-4-20-6-8-22-14(18)10-12(2)16;1-7(11)5-9(13)15-3-4-16-10(14)6-8(2)12/h5-11H2,1-4H3;5-10H2,1-4H3;13H,4-9H2,1-3H3;3-10H2,1-2H3;3-6H2,1-2H3. The molecular weight excluding hydrogens is 1560 g/mol. The van der Waals surface area contributed by atoms with E-state index in [-0.39, 0.29) is 200 Å². The third-order valence-electron chi connectivity index (χ3n) is 12.6. The molecular formula is C75H108O41. The number of carbonyl (C=O) groups is 26. The van der Waals surface area contributed by atoms with Crippen molar-refractivity contribution in [3.63, 3.8) is 0 Å². The minimum absolute atomic E-state index is 0.0781. The second-order valence-corrected chi connectivity index (χ2v) is 26.1. The fraction of sp³-hybridized carbons (Fsp3) is 0.653. The number of hydrogen-bond acceptors (Lipinski definition) is 41. The molecule has 0 N–H and O–H groups in total. The van der Waals surface area contributed by atoms with E-state index in [4.69, 9.17) is 61.6 Å². The van der Waals surface area contributed by atoms with E-state index in [2.05, 4.69) is 9.47 Å². The van der Waals surface area contributed by atoms with Gasteiger partial charge >= 0.3 is 77.6 Å². The molecule has 0 saturated carbocycles. The Kier molecular flexibility index (Phi) is 65.6. The van der Waals surface area contributed by atoms with Crippen LogP contribution >= 0.6 is 0 Å². The molecule has 0 fully saturated rings. The largest absolute Gasteiger partial charge is 0.465 e. The highest BCUT2D eigenvalue weighted by molar-refractivity contribution is 6.00. The average Bonchev–Trinajstić information content (AvgIpc) is 0.884. The molecule has 0 rings (SSSR count). The van der Waals surface area contributed by atoms with Gasteiger partial charge in [-0.25, -0.2) is 0 Å². The number of rotatable bonds is 57. The monoisotopic (exact) mass is 1660 g/mol. The minimum Gasteiger partial charge on any atom is -0.465 e. The molecule has 0 aliphatic heterocycles. The zero-order valence-corrected chi connectivity index (χ0v) is 68.2. The van der Waals surface area contributed by atoms with E-state index in [9.17, 15) is 125 Å². The predicted molar refractivity (Wildman–Crippen MR) is 387 cm³/mol. The van der Waals surface area contributed by atoms with Crippen LogP contribution in [0.2, 0.25) is 0 Å². The van der Waals surface area contributed by atoms with Gasteiger partial charge in [0.2, 0.25) is 0 Å². The summed E-state index contributed by atoms with van der Waals surface area (Å²) in [5.74, 6) is -14.5. The van der Waals surface area contributed by atoms with Gasteiger partial charge in [0.15, 0.2) is 0 Å². The van der Waals surface area contributed by atoms with Crippen molar-refractivity contribution < 1.29 is 196 Å². The fourth-order valence-corrected chi connectivity index (χ4v) is 7.17. The predicted octanol–water partition coefficient (Wildman–Crippen LogP) is 1.77. The smallest absolute Gasteiger partial charge is 0.313 e. The lowest BCUT2D eigenvalue weighted by Crippen LogP contribution is -2.39. The number of ketones is 13. The Hall–Kier alpha value is -11.3. The van der Waals surface area contributed by atoms with E-state index in [1.807, 2.05) is 0 Å². The number of Topliss-reactive ketones (excluding diaryl/α,β-unsaturated/α-hetero) is 13. The van der Waals surface area contributed by atoms with Crippen molar-refractivity contribution in [2.24, 2.45) is 16.7 Å². The molecule has 0 atom stereocenters. The highest BCUT2D eigenvalue weighted by Crippen LogP contribution is 2.25. The van der Waals surface area contributed by atoms with Gasteiger partial charge in [-0.1, -0.05) is 6.92 Å². The third kappa shape index (κ3) is 80.8. The van der Waals surface area contributed by atoms with Gasteiger partial charge in [0.25, 0.3) is 0 Å². The van der Waals surface area contributed by atoms with Gasteiger partial charge < -0.3 is 71.1 Å². The van der Waals surface area contributed by atoms with Crippen molar-refractivity contribution in [1.29, 1.82) is 0 Å². The number of ether oxygens (including phenoxy) is 15. The van der Waals surface area contributed by atoms with Crippen molar-refractivity contribution >= 4 is 153 Å². The summed E-state index contributed by atoms with van der Waals surface area (Å²) >= 11 is 0. The molecule has 0 aromatic heterocycles. The molecule has 0 unspecified atom stereocenters. The molecule has 0 aliphatic carbocycles. The first kappa shape index (κ1) is 113.